The Bertz CT molecular complexity index is 267. The summed E-state index contributed by atoms with van der Waals surface area (Å²) in [5.41, 5.74) is 0. The topological polar surface area (TPSA) is 129 Å². The summed E-state index contributed by atoms with van der Waals surface area (Å²) >= 11 is 0. The van der Waals surface area contributed by atoms with Gasteiger partial charge in [-0.25, -0.2) is 0 Å². The molecule has 9 heteroatoms. The average Bonchev–Trinajstić information content (AvgIpc) is 1.82. The van der Waals surface area contributed by atoms with E-state index in [0.29, 0.717) is 0 Å². The molecule has 0 amide bonds. The maximum atomic E-state index is 9.86. The summed E-state index contributed by atoms with van der Waals surface area (Å²) < 4.78 is 55.4. The van der Waals surface area contributed by atoms with Crippen molar-refractivity contribution in [1.82, 2.24) is 0 Å². The first-order chi connectivity index (χ1) is 5.62. The highest BCUT2D eigenvalue weighted by atomic mass is 32.2. The van der Waals surface area contributed by atoms with Gasteiger partial charge < -0.3 is 5.11 Å². The molecule has 0 bridgehead atoms. The number of hydrogen-bond donors (Lipinski definition) is 3. The lowest BCUT2D eigenvalue weighted by atomic mass is 10.9. The Hall–Kier alpha value is -0.220. The molecule has 0 aromatic rings. The van der Waals surface area contributed by atoms with Crippen LogP contribution in [0.5, 0.6) is 0 Å². The van der Waals surface area contributed by atoms with E-state index in [0.717, 1.165) is 0 Å². The van der Waals surface area contributed by atoms with Crippen LogP contribution >= 0.6 is 0 Å². The zero-order valence-corrected chi connectivity index (χ0v) is 8.55. The largest absolute Gasteiger partial charge is 0.397 e. The standard InChI is InChI=1S/C2H6O6S2.C2H6O/c3-9(4,5)1-2-10(6,7)8;1-2-3/h1-2H2,(H,3,4,5)(H,6,7,8);3H,2H2,1H3. The minimum Gasteiger partial charge on any atom is -0.397 e. The van der Waals surface area contributed by atoms with E-state index in [1.165, 1.54) is 0 Å². The smallest absolute Gasteiger partial charge is 0.265 e. The third-order valence-corrected chi connectivity index (χ3v) is 2.30. The highest BCUT2D eigenvalue weighted by Crippen LogP contribution is 1.86. The molecule has 0 unspecified atom stereocenters. The Morgan fingerprint density at radius 2 is 1.08 bits per heavy atom. The molecular formula is C4H12O7S2. The molecule has 0 aliphatic heterocycles. The first-order valence-corrected chi connectivity index (χ1v) is 6.35. The summed E-state index contributed by atoms with van der Waals surface area (Å²) in [7, 11) is -8.59. The molecule has 0 aromatic heterocycles. The van der Waals surface area contributed by atoms with E-state index in [-0.39, 0.29) is 6.61 Å². The third-order valence-electron chi connectivity index (χ3n) is 0.599. The van der Waals surface area contributed by atoms with Crippen molar-refractivity contribution in [1.29, 1.82) is 0 Å². The molecule has 0 atom stereocenters. The van der Waals surface area contributed by atoms with Crippen molar-refractivity contribution in [3.05, 3.63) is 0 Å². The summed E-state index contributed by atoms with van der Waals surface area (Å²) in [5, 5.41) is 7.57. The van der Waals surface area contributed by atoms with Gasteiger partial charge in [0.1, 0.15) is 0 Å². The molecule has 0 aliphatic carbocycles. The molecule has 0 saturated heterocycles. The van der Waals surface area contributed by atoms with Crippen molar-refractivity contribution in [2.75, 3.05) is 18.1 Å². The molecule has 0 aromatic carbocycles. The van der Waals surface area contributed by atoms with Crippen molar-refractivity contribution in [3.8, 4) is 0 Å². The van der Waals surface area contributed by atoms with Gasteiger partial charge in [-0.2, -0.15) is 16.8 Å². The van der Waals surface area contributed by atoms with Gasteiger partial charge in [0.05, 0.1) is 11.5 Å². The molecule has 7 nitrogen and oxygen atoms in total. The maximum absolute atomic E-state index is 9.86. The fourth-order valence-corrected chi connectivity index (χ4v) is 1.90. The monoisotopic (exact) mass is 236 g/mol. The summed E-state index contributed by atoms with van der Waals surface area (Å²) in [6, 6.07) is 0. The van der Waals surface area contributed by atoms with Crippen LogP contribution in [0.1, 0.15) is 6.92 Å². The first kappa shape index (κ1) is 15.3. The van der Waals surface area contributed by atoms with Crippen molar-refractivity contribution < 1.29 is 31.0 Å². The molecular weight excluding hydrogens is 224 g/mol. The molecule has 0 saturated carbocycles. The fourth-order valence-electron chi connectivity index (χ4n) is 0.211. The predicted molar refractivity (Wildman–Crippen MR) is 45.6 cm³/mol. The highest BCUT2D eigenvalue weighted by molar-refractivity contribution is 7.89. The molecule has 0 spiro atoms. The van der Waals surface area contributed by atoms with E-state index >= 15 is 0 Å². The van der Waals surface area contributed by atoms with Gasteiger partial charge in [0.2, 0.25) is 0 Å². The zero-order valence-electron chi connectivity index (χ0n) is 6.91. The number of hydrogen-bond acceptors (Lipinski definition) is 5. The van der Waals surface area contributed by atoms with Crippen LogP contribution in [0, 0.1) is 0 Å². The second-order valence-corrected chi connectivity index (χ2v) is 5.03. The number of aliphatic hydroxyl groups excluding tert-OH is 1. The van der Waals surface area contributed by atoms with Crippen LogP contribution in [-0.2, 0) is 20.2 Å². The molecule has 82 valence electrons. The summed E-state index contributed by atoms with van der Waals surface area (Å²) in [6.07, 6.45) is 0. The van der Waals surface area contributed by atoms with Crippen molar-refractivity contribution in [2.45, 2.75) is 6.92 Å². The van der Waals surface area contributed by atoms with Crippen LogP contribution in [-0.4, -0.2) is 49.2 Å². The minimum atomic E-state index is -4.30. The highest BCUT2D eigenvalue weighted by Gasteiger charge is 2.11. The second kappa shape index (κ2) is 6.27. The molecule has 0 fully saturated rings. The Balaban J connectivity index is 0. The van der Waals surface area contributed by atoms with E-state index in [2.05, 4.69) is 0 Å². The predicted octanol–water partition coefficient (Wildman–Crippen LogP) is -1.24. The van der Waals surface area contributed by atoms with Crippen LogP contribution < -0.4 is 0 Å². The first-order valence-electron chi connectivity index (χ1n) is 3.13. The van der Waals surface area contributed by atoms with Crippen molar-refractivity contribution >= 4 is 20.2 Å². The van der Waals surface area contributed by atoms with Gasteiger partial charge in [-0.15, -0.1) is 0 Å². The van der Waals surface area contributed by atoms with Crippen LogP contribution in [0.4, 0.5) is 0 Å². The molecule has 0 aliphatic rings. The molecule has 0 radical (unpaired) electrons. The molecule has 0 rings (SSSR count). The van der Waals surface area contributed by atoms with E-state index in [9.17, 15) is 16.8 Å². The van der Waals surface area contributed by atoms with Gasteiger partial charge in [0, 0.05) is 6.61 Å². The van der Waals surface area contributed by atoms with Gasteiger partial charge in [0.25, 0.3) is 20.2 Å². The second-order valence-electron chi connectivity index (χ2n) is 1.89. The lowest BCUT2D eigenvalue weighted by Crippen LogP contribution is -2.15. The summed E-state index contributed by atoms with van der Waals surface area (Å²) in [6.45, 7) is 1.93. The van der Waals surface area contributed by atoms with E-state index in [1.54, 1.807) is 6.92 Å². The van der Waals surface area contributed by atoms with Crippen LogP contribution in [0.3, 0.4) is 0 Å². The average molecular weight is 236 g/mol. The maximum Gasteiger partial charge on any atom is 0.265 e. The Morgan fingerprint density at radius 1 is 0.923 bits per heavy atom. The zero-order chi connectivity index (χ0) is 11.1. The Labute approximate surface area is 76.9 Å². The SMILES string of the molecule is CCO.O=S(=O)(O)CCS(=O)(=O)O. The minimum absolute atomic E-state index is 0.250. The summed E-state index contributed by atoms with van der Waals surface area (Å²) in [4.78, 5) is 0. The lowest BCUT2D eigenvalue weighted by molar-refractivity contribution is 0.318. The molecule has 13 heavy (non-hydrogen) atoms. The third kappa shape index (κ3) is 24.5. The number of aliphatic hydroxyl groups is 1. The van der Waals surface area contributed by atoms with Crippen LogP contribution in [0.2, 0.25) is 0 Å². The van der Waals surface area contributed by atoms with Gasteiger partial charge in [0.15, 0.2) is 0 Å². The van der Waals surface area contributed by atoms with Crippen LogP contribution in [0.15, 0.2) is 0 Å². The summed E-state index contributed by atoms with van der Waals surface area (Å²) in [5.74, 6) is -1.96. The molecule has 0 heterocycles. The van der Waals surface area contributed by atoms with E-state index in [4.69, 9.17) is 14.2 Å². The Morgan fingerprint density at radius 3 is 1.15 bits per heavy atom. The van der Waals surface area contributed by atoms with E-state index in [1.807, 2.05) is 0 Å². The van der Waals surface area contributed by atoms with Crippen LogP contribution in [0.25, 0.3) is 0 Å². The van der Waals surface area contributed by atoms with Gasteiger partial charge in [-0.3, -0.25) is 9.11 Å². The van der Waals surface area contributed by atoms with Crippen molar-refractivity contribution in [2.24, 2.45) is 0 Å². The quantitative estimate of drug-likeness (QED) is 0.522. The Kier molecular flexibility index (Phi) is 7.36. The lowest BCUT2D eigenvalue weighted by Gasteiger charge is -1.92. The number of rotatable bonds is 3. The van der Waals surface area contributed by atoms with Gasteiger partial charge >= 0.3 is 0 Å². The van der Waals surface area contributed by atoms with E-state index < -0.39 is 31.7 Å². The van der Waals surface area contributed by atoms with Crippen molar-refractivity contribution in [3.63, 3.8) is 0 Å². The molecule has 3 N–H and O–H groups in total. The van der Waals surface area contributed by atoms with Gasteiger partial charge in [-0.1, -0.05) is 0 Å². The van der Waals surface area contributed by atoms with Gasteiger partial charge in [-0.05, 0) is 6.92 Å². The normalized spacial score (nSPS) is 11.7. The fraction of sp³-hybridized carbons (Fsp3) is 1.00.